The van der Waals surface area contributed by atoms with E-state index in [9.17, 15) is 12.8 Å². The normalized spacial score (nSPS) is 11.0. The Hall–Kier alpha value is -3.36. The molecule has 0 bridgehead atoms. The quantitative estimate of drug-likeness (QED) is 0.700. The zero-order valence-corrected chi connectivity index (χ0v) is 13.8. The summed E-state index contributed by atoms with van der Waals surface area (Å²) in [4.78, 5) is 5.60. The van der Waals surface area contributed by atoms with Crippen LogP contribution in [0.3, 0.4) is 0 Å². The van der Waals surface area contributed by atoms with Crippen LogP contribution < -0.4 is 4.72 Å². The van der Waals surface area contributed by atoms with Crippen molar-refractivity contribution in [2.24, 2.45) is 0 Å². The summed E-state index contributed by atoms with van der Waals surface area (Å²) in [6.07, 6.45) is 1.49. The molecule has 0 radical (unpaired) electrons. The lowest BCUT2D eigenvalue weighted by atomic mass is 10.1. The van der Waals surface area contributed by atoms with E-state index in [0.29, 0.717) is 16.5 Å². The third-order valence-electron chi connectivity index (χ3n) is 3.70. The molecule has 8 heteroatoms. The molecule has 1 heterocycles. The lowest BCUT2D eigenvalue weighted by Gasteiger charge is -2.11. The largest absolute Gasteiger partial charge is 0.358 e. The van der Waals surface area contributed by atoms with Gasteiger partial charge in [-0.1, -0.05) is 6.07 Å². The highest BCUT2D eigenvalue weighted by atomic mass is 32.2. The smallest absolute Gasteiger partial charge is 0.260 e. The van der Waals surface area contributed by atoms with E-state index < -0.39 is 15.8 Å². The maximum atomic E-state index is 13.6. The summed E-state index contributed by atoms with van der Waals surface area (Å²) < 4.78 is 41.1. The van der Waals surface area contributed by atoms with Gasteiger partial charge in [0.15, 0.2) is 5.69 Å². The molecule has 0 atom stereocenters. The Morgan fingerprint density at radius 1 is 1.32 bits per heavy atom. The molecule has 124 valence electrons. The number of nitrogens with one attached hydrogen (secondary N) is 2. The predicted octanol–water partition coefficient (Wildman–Crippen LogP) is 3.84. The molecule has 0 saturated carbocycles. The first-order valence-electron chi connectivity index (χ1n) is 7.07. The minimum absolute atomic E-state index is 0.110. The number of hydrogen-bond acceptors (Lipinski definition) is 3. The fourth-order valence-corrected chi connectivity index (χ4v) is 3.69. The van der Waals surface area contributed by atoms with Gasteiger partial charge in [0.2, 0.25) is 0 Å². The van der Waals surface area contributed by atoms with E-state index in [-0.39, 0.29) is 16.3 Å². The first kappa shape index (κ1) is 16.5. The number of H-pyrrole nitrogens is 1. The highest BCUT2D eigenvalue weighted by Gasteiger charge is 2.19. The first-order chi connectivity index (χ1) is 11.9. The van der Waals surface area contributed by atoms with E-state index in [2.05, 4.69) is 14.6 Å². The second-order valence-electron chi connectivity index (χ2n) is 5.36. The minimum atomic E-state index is -4.11. The van der Waals surface area contributed by atoms with Gasteiger partial charge < -0.3 is 4.98 Å². The van der Waals surface area contributed by atoms with Crippen molar-refractivity contribution in [2.45, 2.75) is 11.8 Å². The van der Waals surface area contributed by atoms with Gasteiger partial charge in [-0.05, 0) is 36.8 Å². The van der Waals surface area contributed by atoms with E-state index in [4.69, 9.17) is 11.8 Å². The zero-order chi connectivity index (χ0) is 18.2. The number of aromatic amines is 1. The second-order valence-corrected chi connectivity index (χ2v) is 7.04. The van der Waals surface area contributed by atoms with Gasteiger partial charge in [0, 0.05) is 11.6 Å². The average Bonchev–Trinajstić information content (AvgIpc) is 3.02. The number of anilines is 1. The molecule has 3 rings (SSSR count). The van der Waals surface area contributed by atoms with Gasteiger partial charge in [-0.25, -0.2) is 17.7 Å². The number of rotatable bonds is 3. The highest BCUT2D eigenvalue weighted by molar-refractivity contribution is 7.92. The van der Waals surface area contributed by atoms with Gasteiger partial charge in [0.25, 0.3) is 10.0 Å². The van der Waals surface area contributed by atoms with Gasteiger partial charge >= 0.3 is 0 Å². The van der Waals surface area contributed by atoms with Gasteiger partial charge in [0.05, 0.1) is 28.2 Å². The molecule has 0 aliphatic heterocycles. The van der Waals surface area contributed by atoms with E-state index in [1.54, 1.807) is 12.1 Å². The molecular weight excluding hydrogens is 343 g/mol. The summed E-state index contributed by atoms with van der Waals surface area (Å²) in [6, 6.07) is 8.19. The van der Waals surface area contributed by atoms with Crippen LogP contribution in [-0.2, 0) is 10.0 Å². The standard InChI is InChI=1S/C17H11FN4O2S/c1-10-3-4-15(17-16(10)11(8-19)9-21-17)22-25(23,24)14-6-12(18)5-13(7-14)20-2/h3-7,9,21-22H,1H3. The van der Waals surface area contributed by atoms with E-state index in [1.165, 1.54) is 6.20 Å². The van der Waals surface area contributed by atoms with Crippen molar-refractivity contribution in [3.05, 3.63) is 64.9 Å². The molecular formula is C17H11FN4O2S. The van der Waals surface area contributed by atoms with Crippen LogP contribution in [0.5, 0.6) is 0 Å². The number of halogens is 1. The third-order valence-corrected chi connectivity index (χ3v) is 5.05. The Kier molecular flexibility index (Phi) is 3.91. The maximum absolute atomic E-state index is 13.6. The van der Waals surface area contributed by atoms with Crippen LogP contribution in [0.4, 0.5) is 15.8 Å². The molecule has 0 unspecified atom stereocenters. The topological polar surface area (TPSA) is 90.1 Å². The molecule has 0 amide bonds. The summed E-state index contributed by atoms with van der Waals surface area (Å²) in [5, 5.41) is 9.77. The van der Waals surface area contributed by atoms with Crippen molar-refractivity contribution in [1.82, 2.24) is 4.98 Å². The van der Waals surface area contributed by atoms with Crippen LogP contribution in [0.25, 0.3) is 15.7 Å². The molecule has 0 aliphatic carbocycles. The molecule has 0 aliphatic rings. The van der Waals surface area contributed by atoms with Crippen molar-refractivity contribution in [3.63, 3.8) is 0 Å². The molecule has 2 N–H and O–H groups in total. The van der Waals surface area contributed by atoms with Crippen molar-refractivity contribution in [2.75, 3.05) is 4.72 Å². The van der Waals surface area contributed by atoms with Gasteiger partial charge in [-0.2, -0.15) is 5.26 Å². The molecule has 0 fully saturated rings. The fourth-order valence-electron chi connectivity index (χ4n) is 2.56. The van der Waals surface area contributed by atoms with Crippen LogP contribution in [0.15, 0.2) is 41.4 Å². The van der Waals surface area contributed by atoms with Crippen molar-refractivity contribution < 1.29 is 12.8 Å². The summed E-state index contributed by atoms with van der Waals surface area (Å²) >= 11 is 0. The molecule has 2 aromatic carbocycles. The number of benzene rings is 2. The summed E-state index contributed by atoms with van der Waals surface area (Å²) in [6.45, 7) is 8.74. The monoisotopic (exact) mass is 354 g/mol. The minimum Gasteiger partial charge on any atom is -0.358 e. The lowest BCUT2D eigenvalue weighted by Crippen LogP contribution is -2.13. The van der Waals surface area contributed by atoms with Crippen LogP contribution in [-0.4, -0.2) is 13.4 Å². The Balaban J connectivity index is 2.12. The Morgan fingerprint density at radius 2 is 2.08 bits per heavy atom. The molecule has 0 spiro atoms. The van der Waals surface area contributed by atoms with E-state index in [1.807, 2.05) is 13.0 Å². The SMILES string of the molecule is [C-]#[N+]c1cc(F)cc(S(=O)(=O)Nc2ccc(C)c3c(C#N)c[nH]c23)c1. The number of fused-ring (bicyclic) bond motifs is 1. The molecule has 0 saturated heterocycles. The van der Waals surface area contributed by atoms with E-state index in [0.717, 1.165) is 23.8 Å². The maximum Gasteiger partial charge on any atom is 0.260 e. The number of hydrogen-bond donors (Lipinski definition) is 2. The predicted molar refractivity (Wildman–Crippen MR) is 91.2 cm³/mol. The Labute approximate surface area is 143 Å². The van der Waals surface area contributed by atoms with Crippen molar-refractivity contribution in [1.29, 1.82) is 5.26 Å². The van der Waals surface area contributed by atoms with Gasteiger partial charge in [-0.15, -0.1) is 0 Å². The number of aryl methyl sites for hydroxylation is 1. The van der Waals surface area contributed by atoms with Crippen LogP contribution in [0, 0.1) is 30.6 Å². The van der Waals surface area contributed by atoms with Crippen molar-refractivity contribution in [3.8, 4) is 6.07 Å². The second kappa shape index (κ2) is 5.93. The lowest BCUT2D eigenvalue weighted by molar-refractivity contribution is 0.595. The van der Waals surface area contributed by atoms with Crippen molar-refractivity contribution >= 4 is 32.3 Å². The fraction of sp³-hybridized carbons (Fsp3) is 0.0588. The van der Waals surface area contributed by atoms with Crippen LogP contribution in [0.1, 0.15) is 11.1 Å². The first-order valence-corrected chi connectivity index (χ1v) is 8.55. The molecule has 25 heavy (non-hydrogen) atoms. The van der Waals surface area contributed by atoms with Gasteiger partial charge in [0.1, 0.15) is 11.9 Å². The summed E-state index contributed by atoms with van der Waals surface area (Å²) in [5.74, 6) is -0.811. The number of nitrogens with zero attached hydrogens (tertiary/aromatic N) is 2. The van der Waals surface area contributed by atoms with E-state index >= 15 is 0 Å². The Morgan fingerprint density at radius 3 is 2.76 bits per heavy atom. The highest BCUT2D eigenvalue weighted by Crippen LogP contribution is 2.30. The number of nitriles is 1. The third kappa shape index (κ3) is 2.91. The number of aromatic nitrogens is 1. The summed E-state index contributed by atoms with van der Waals surface area (Å²) in [7, 11) is -4.11. The molecule has 3 aromatic rings. The summed E-state index contributed by atoms with van der Waals surface area (Å²) in [5.41, 5.74) is 1.80. The average molecular weight is 354 g/mol. The van der Waals surface area contributed by atoms with Gasteiger partial charge in [-0.3, -0.25) is 4.72 Å². The molecule has 6 nitrogen and oxygen atoms in total. The molecule has 1 aromatic heterocycles. The Bertz CT molecular complexity index is 1180. The van der Waals surface area contributed by atoms with Crippen LogP contribution >= 0.6 is 0 Å². The number of sulfonamides is 1. The zero-order valence-electron chi connectivity index (χ0n) is 13.0. The van der Waals surface area contributed by atoms with Crippen LogP contribution in [0.2, 0.25) is 0 Å².